The first-order valence-corrected chi connectivity index (χ1v) is 8.58. The van der Waals surface area contributed by atoms with Gasteiger partial charge in [0.25, 0.3) is 5.91 Å². The normalized spacial score (nSPS) is 14.4. The number of halogens is 3. The van der Waals surface area contributed by atoms with Crippen LogP contribution in [0.2, 0.25) is 5.02 Å². The second-order valence-corrected chi connectivity index (χ2v) is 6.58. The minimum absolute atomic E-state index is 0.0261. The number of carbonyl (C=O) groups is 2. The molecule has 26 heavy (non-hydrogen) atoms. The van der Waals surface area contributed by atoms with E-state index in [4.69, 9.17) is 11.6 Å². The fourth-order valence-electron chi connectivity index (χ4n) is 2.90. The molecule has 0 bridgehead atoms. The number of aromatic nitrogens is 2. The first-order chi connectivity index (χ1) is 12.4. The van der Waals surface area contributed by atoms with Gasteiger partial charge < -0.3 is 10.6 Å². The lowest BCUT2D eigenvalue weighted by Gasteiger charge is -2.11. The van der Waals surface area contributed by atoms with Gasteiger partial charge in [0.05, 0.1) is 22.5 Å². The molecular formula is C17H17ClF2N4O2. The summed E-state index contributed by atoms with van der Waals surface area (Å²) in [5.41, 5.74) is 0.113. The van der Waals surface area contributed by atoms with Crippen LogP contribution in [0.5, 0.6) is 0 Å². The SMILES string of the molecule is O=C(Cn1cc(NC(=O)c2cc(F)c(F)cc2Cl)cn1)NC1CCCC1. The van der Waals surface area contributed by atoms with Crippen LogP contribution >= 0.6 is 11.6 Å². The summed E-state index contributed by atoms with van der Waals surface area (Å²) in [4.78, 5) is 24.1. The Bertz CT molecular complexity index is 834. The number of nitrogens with zero attached hydrogens (tertiary/aromatic N) is 2. The monoisotopic (exact) mass is 382 g/mol. The molecule has 1 aliphatic carbocycles. The molecule has 0 saturated heterocycles. The first kappa shape index (κ1) is 18.3. The van der Waals surface area contributed by atoms with E-state index in [0.717, 1.165) is 37.8 Å². The zero-order valence-electron chi connectivity index (χ0n) is 13.8. The van der Waals surface area contributed by atoms with Crippen molar-refractivity contribution in [3.8, 4) is 0 Å². The Balaban J connectivity index is 1.60. The molecule has 0 radical (unpaired) electrons. The average Bonchev–Trinajstić information content (AvgIpc) is 3.23. The standard InChI is InChI=1S/C17H17ClF2N4O2/c18-13-6-15(20)14(19)5-12(13)17(26)23-11-7-21-24(8-11)9-16(25)22-10-3-1-2-4-10/h5-8,10H,1-4,9H2,(H,22,25)(H,23,26). The van der Waals surface area contributed by atoms with E-state index in [1.54, 1.807) is 0 Å². The van der Waals surface area contributed by atoms with E-state index in [2.05, 4.69) is 15.7 Å². The van der Waals surface area contributed by atoms with Gasteiger partial charge in [0.2, 0.25) is 5.91 Å². The number of anilines is 1. The number of hydrogen-bond acceptors (Lipinski definition) is 3. The molecule has 9 heteroatoms. The maximum atomic E-state index is 13.3. The number of benzene rings is 1. The van der Waals surface area contributed by atoms with Gasteiger partial charge in [-0.2, -0.15) is 5.10 Å². The topological polar surface area (TPSA) is 76.0 Å². The maximum absolute atomic E-state index is 13.3. The van der Waals surface area contributed by atoms with E-state index in [0.29, 0.717) is 5.69 Å². The van der Waals surface area contributed by atoms with Crippen molar-refractivity contribution in [1.82, 2.24) is 15.1 Å². The lowest BCUT2D eigenvalue weighted by Crippen LogP contribution is -2.35. The highest BCUT2D eigenvalue weighted by molar-refractivity contribution is 6.34. The van der Waals surface area contributed by atoms with Crippen molar-refractivity contribution < 1.29 is 18.4 Å². The second kappa shape index (κ2) is 7.82. The Morgan fingerprint density at radius 2 is 1.92 bits per heavy atom. The summed E-state index contributed by atoms with van der Waals surface area (Å²) in [5, 5.41) is 9.23. The van der Waals surface area contributed by atoms with E-state index in [9.17, 15) is 18.4 Å². The summed E-state index contributed by atoms with van der Waals surface area (Å²) < 4.78 is 27.8. The fraction of sp³-hybridized carbons (Fsp3) is 0.353. The minimum Gasteiger partial charge on any atom is -0.352 e. The van der Waals surface area contributed by atoms with E-state index >= 15 is 0 Å². The van der Waals surface area contributed by atoms with Gasteiger partial charge >= 0.3 is 0 Å². The number of rotatable bonds is 5. The van der Waals surface area contributed by atoms with Crippen LogP contribution in [0.3, 0.4) is 0 Å². The molecule has 0 unspecified atom stereocenters. The van der Waals surface area contributed by atoms with Crippen LogP contribution in [0.4, 0.5) is 14.5 Å². The zero-order valence-corrected chi connectivity index (χ0v) is 14.5. The molecule has 138 valence electrons. The van der Waals surface area contributed by atoms with Crippen LogP contribution in [-0.4, -0.2) is 27.6 Å². The third-order valence-corrected chi connectivity index (χ3v) is 4.48. The molecule has 2 amide bonds. The molecule has 6 nitrogen and oxygen atoms in total. The van der Waals surface area contributed by atoms with Gasteiger partial charge in [0, 0.05) is 12.2 Å². The highest BCUT2D eigenvalue weighted by Gasteiger charge is 2.18. The van der Waals surface area contributed by atoms with Crippen molar-refractivity contribution in [3.05, 3.63) is 46.7 Å². The van der Waals surface area contributed by atoms with Crippen molar-refractivity contribution in [3.63, 3.8) is 0 Å². The smallest absolute Gasteiger partial charge is 0.257 e. The number of carbonyl (C=O) groups excluding carboxylic acids is 2. The summed E-state index contributed by atoms with van der Waals surface area (Å²) in [5.74, 6) is -3.16. The van der Waals surface area contributed by atoms with Gasteiger partial charge in [-0.3, -0.25) is 14.3 Å². The highest BCUT2D eigenvalue weighted by Crippen LogP contribution is 2.21. The molecule has 1 saturated carbocycles. The second-order valence-electron chi connectivity index (χ2n) is 6.18. The average molecular weight is 383 g/mol. The molecular weight excluding hydrogens is 366 g/mol. The third kappa shape index (κ3) is 4.37. The predicted molar refractivity (Wildman–Crippen MR) is 91.9 cm³/mol. The quantitative estimate of drug-likeness (QED) is 0.780. The minimum atomic E-state index is -1.17. The van der Waals surface area contributed by atoms with E-state index in [1.165, 1.54) is 17.1 Å². The number of nitrogens with one attached hydrogen (secondary N) is 2. The van der Waals surface area contributed by atoms with Crippen molar-refractivity contribution in [2.75, 3.05) is 5.32 Å². The number of hydrogen-bond donors (Lipinski definition) is 2. The Kier molecular flexibility index (Phi) is 5.51. The first-order valence-electron chi connectivity index (χ1n) is 8.20. The highest BCUT2D eigenvalue weighted by atomic mass is 35.5. The molecule has 1 aromatic heterocycles. The molecule has 3 rings (SSSR count). The molecule has 1 fully saturated rings. The molecule has 2 aromatic rings. The van der Waals surface area contributed by atoms with Crippen LogP contribution < -0.4 is 10.6 Å². The lowest BCUT2D eigenvalue weighted by atomic mass is 10.2. The Morgan fingerprint density at radius 1 is 1.23 bits per heavy atom. The van der Waals surface area contributed by atoms with Crippen molar-refractivity contribution in [1.29, 1.82) is 0 Å². The molecule has 1 aromatic carbocycles. The van der Waals surface area contributed by atoms with Crippen LogP contribution in [0.25, 0.3) is 0 Å². The van der Waals surface area contributed by atoms with Gasteiger partial charge in [-0.15, -0.1) is 0 Å². The van der Waals surface area contributed by atoms with E-state index in [1.807, 2.05) is 0 Å². The van der Waals surface area contributed by atoms with E-state index < -0.39 is 17.5 Å². The Labute approximate surface area is 153 Å². The van der Waals surface area contributed by atoms with E-state index in [-0.39, 0.29) is 29.1 Å². The molecule has 1 aliphatic rings. The van der Waals surface area contributed by atoms with Gasteiger partial charge in [-0.05, 0) is 25.0 Å². The largest absolute Gasteiger partial charge is 0.352 e. The van der Waals surface area contributed by atoms with Crippen molar-refractivity contribution in [2.45, 2.75) is 38.3 Å². The summed E-state index contributed by atoms with van der Waals surface area (Å²) in [7, 11) is 0. The van der Waals surface area contributed by atoms with Crippen LogP contribution in [-0.2, 0) is 11.3 Å². The summed E-state index contributed by atoms with van der Waals surface area (Å²) >= 11 is 5.78. The van der Waals surface area contributed by atoms with Crippen LogP contribution in [0.1, 0.15) is 36.0 Å². The van der Waals surface area contributed by atoms with Crippen molar-refractivity contribution >= 4 is 29.1 Å². The summed E-state index contributed by atoms with van der Waals surface area (Å²) in [6.07, 6.45) is 7.04. The predicted octanol–water partition coefficient (Wildman–Crippen LogP) is 3.13. The molecule has 0 spiro atoms. The molecule has 2 N–H and O–H groups in total. The molecule has 1 heterocycles. The number of amides is 2. The Hall–Kier alpha value is -2.48. The van der Waals surface area contributed by atoms with Gasteiger partial charge in [-0.25, -0.2) is 8.78 Å². The Morgan fingerprint density at radius 3 is 2.65 bits per heavy atom. The zero-order chi connectivity index (χ0) is 18.7. The van der Waals surface area contributed by atoms with Crippen LogP contribution in [0.15, 0.2) is 24.5 Å². The van der Waals surface area contributed by atoms with Crippen molar-refractivity contribution in [2.24, 2.45) is 0 Å². The summed E-state index contributed by atoms with van der Waals surface area (Å²) in [6, 6.07) is 1.68. The van der Waals surface area contributed by atoms with Gasteiger partial charge in [0.15, 0.2) is 11.6 Å². The van der Waals surface area contributed by atoms with Gasteiger partial charge in [-0.1, -0.05) is 24.4 Å². The molecule has 0 aliphatic heterocycles. The van der Waals surface area contributed by atoms with Crippen LogP contribution in [0, 0.1) is 11.6 Å². The van der Waals surface area contributed by atoms with Gasteiger partial charge in [0.1, 0.15) is 6.54 Å². The third-order valence-electron chi connectivity index (χ3n) is 4.17. The lowest BCUT2D eigenvalue weighted by molar-refractivity contribution is -0.122. The molecule has 0 atom stereocenters. The summed E-state index contributed by atoms with van der Waals surface area (Å²) in [6.45, 7) is 0.0261. The fourth-order valence-corrected chi connectivity index (χ4v) is 3.14. The maximum Gasteiger partial charge on any atom is 0.257 e.